The zero-order valence-corrected chi connectivity index (χ0v) is 13.2. The largest absolute Gasteiger partial charge is 0.368 e. The first-order chi connectivity index (χ1) is 9.87. The second-order valence-electron chi connectivity index (χ2n) is 4.42. The maximum atomic E-state index is 12.5. The fraction of sp³-hybridized carbons (Fsp3) is 0.545. The topological polar surface area (TPSA) is 66.7 Å². The first kappa shape index (κ1) is 16.1. The number of thiazole rings is 1. The molecule has 0 radical (unpaired) electrons. The third-order valence-electron chi connectivity index (χ3n) is 2.81. The van der Waals surface area contributed by atoms with Gasteiger partial charge in [0, 0.05) is 25.2 Å². The van der Waals surface area contributed by atoms with Crippen LogP contribution in [0.3, 0.4) is 0 Å². The summed E-state index contributed by atoms with van der Waals surface area (Å²) < 4.78 is 52.0. The Morgan fingerprint density at radius 3 is 2.86 bits per heavy atom. The van der Waals surface area contributed by atoms with Crippen LogP contribution in [0.2, 0.25) is 0 Å². The van der Waals surface area contributed by atoms with Crippen molar-refractivity contribution in [2.24, 2.45) is 0 Å². The van der Waals surface area contributed by atoms with Crippen LogP contribution < -0.4 is 5.32 Å². The molecule has 2 rings (SSSR count). The molecular weight excluding hydrogens is 322 g/mol. The highest BCUT2D eigenvalue weighted by Crippen LogP contribution is 2.28. The molecule has 0 amide bonds. The maximum absolute atomic E-state index is 12.5. The molecule has 0 unspecified atom stereocenters. The fourth-order valence-electron chi connectivity index (χ4n) is 1.81. The third kappa shape index (κ3) is 3.16. The minimum atomic E-state index is -4.05. The van der Waals surface area contributed by atoms with Crippen molar-refractivity contribution >= 4 is 32.1 Å². The maximum Gasteiger partial charge on any atom is 0.262 e. The van der Waals surface area contributed by atoms with Crippen LogP contribution in [-0.4, -0.2) is 48.7 Å². The van der Waals surface area contributed by atoms with Gasteiger partial charge in [-0.05, 0) is 6.42 Å². The number of nitrogens with one attached hydrogen (secondary N) is 1. The van der Waals surface area contributed by atoms with E-state index in [2.05, 4.69) is 10.3 Å². The predicted molar refractivity (Wildman–Crippen MR) is 77.7 cm³/mol. The summed E-state index contributed by atoms with van der Waals surface area (Å²) in [6.45, 7) is 1.63. The average Bonchev–Trinajstić information content (AvgIpc) is 2.94. The monoisotopic (exact) mass is 338 g/mol. The van der Waals surface area contributed by atoms with E-state index in [9.17, 15) is 17.2 Å². The Hall–Kier alpha value is -1.26. The van der Waals surface area contributed by atoms with E-state index in [1.807, 2.05) is 6.92 Å². The Morgan fingerprint density at radius 2 is 2.24 bits per heavy atom. The molecule has 1 N–H and O–H groups in total. The summed E-state index contributed by atoms with van der Waals surface area (Å²) >= 11 is 1.28. The van der Waals surface area contributed by atoms with E-state index in [-0.39, 0.29) is 10.8 Å². The third-order valence-corrected chi connectivity index (χ3v) is 5.42. The lowest BCUT2D eigenvalue weighted by Crippen LogP contribution is -2.32. The van der Waals surface area contributed by atoms with E-state index in [1.54, 1.807) is 11.6 Å². The van der Waals surface area contributed by atoms with Crippen molar-refractivity contribution in [1.29, 1.82) is 0 Å². The van der Waals surface area contributed by atoms with Crippen LogP contribution in [0, 0.1) is 0 Å². The van der Waals surface area contributed by atoms with Gasteiger partial charge in [0.1, 0.15) is 0 Å². The number of hydrogen-bond donors (Lipinski definition) is 1. The zero-order valence-electron chi connectivity index (χ0n) is 11.6. The highest BCUT2D eigenvalue weighted by molar-refractivity contribution is 7.89. The molecule has 10 heteroatoms. The minimum Gasteiger partial charge on any atom is -0.368 e. The van der Waals surface area contributed by atoms with Gasteiger partial charge in [-0.15, -0.1) is 11.3 Å². The quantitative estimate of drug-likeness (QED) is 0.840. The van der Waals surface area contributed by atoms with Crippen LogP contribution in [0.5, 0.6) is 0 Å². The smallest absolute Gasteiger partial charge is 0.262 e. The van der Waals surface area contributed by atoms with Gasteiger partial charge >= 0.3 is 0 Å². The Labute approximate surface area is 125 Å². The number of fused-ring (bicyclic) bond motifs is 1. The van der Waals surface area contributed by atoms with Crippen molar-refractivity contribution in [1.82, 2.24) is 13.7 Å². The van der Waals surface area contributed by atoms with Gasteiger partial charge in [-0.3, -0.25) is 4.40 Å². The molecule has 0 aliphatic rings. The van der Waals surface area contributed by atoms with Gasteiger partial charge in [0.05, 0.1) is 6.54 Å². The second kappa shape index (κ2) is 6.24. The number of hydrogen-bond acceptors (Lipinski definition) is 5. The molecule has 0 bridgehead atoms. The number of anilines is 1. The first-order valence-electron chi connectivity index (χ1n) is 6.31. The van der Waals surface area contributed by atoms with Crippen LogP contribution in [0.15, 0.2) is 16.6 Å². The highest BCUT2D eigenvalue weighted by Gasteiger charge is 2.31. The van der Waals surface area contributed by atoms with Crippen molar-refractivity contribution in [3.8, 4) is 0 Å². The first-order valence-corrected chi connectivity index (χ1v) is 8.63. The molecular formula is C11H16F2N4O2S2. The zero-order chi connectivity index (χ0) is 15.6. The van der Waals surface area contributed by atoms with Crippen molar-refractivity contribution < 1.29 is 17.2 Å². The minimum absolute atomic E-state index is 0.102. The number of imidazole rings is 1. The molecule has 21 heavy (non-hydrogen) atoms. The summed E-state index contributed by atoms with van der Waals surface area (Å²) in [4.78, 5) is 4.71. The van der Waals surface area contributed by atoms with E-state index in [4.69, 9.17) is 0 Å². The van der Waals surface area contributed by atoms with Crippen molar-refractivity contribution in [3.63, 3.8) is 0 Å². The highest BCUT2D eigenvalue weighted by atomic mass is 32.2. The molecule has 0 fully saturated rings. The van der Waals surface area contributed by atoms with Gasteiger partial charge in [0.2, 0.25) is 0 Å². The Bertz CT molecular complexity index is 711. The van der Waals surface area contributed by atoms with Gasteiger partial charge < -0.3 is 5.32 Å². The SMILES string of the molecule is CCCNc1nc2sccn2c1S(=O)(=O)N(C)CC(F)F. The van der Waals surface area contributed by atoms with Gasteiger partial charge in [-0.25, -0.2) is 22.2 Å². The van der Waals surface area contributed by atoms with Gasteiger partial charge in [-0.2, -0.15) is 4.31 Å². The fourth-order valence-corrected chi connectivity index (χ4v) is 3.94. The molecule has 6 nitrogen and oxygen atoms in total. The van der Waals surface area contributed by atoms with E-state index < -0.39 is 23.0 Å². The summed E-state index contributed by atoms with van der Waals surface area (Å²) in [5, 5.41) is 4.53. The van der Waals surface area contributed by atoms with E-state index in [0.29, 0.717) is 15.8 Å². The van der Waals surface area contributed by atoms with Crippen molar-refractivity contribution in [2.45, 2.75) is 24.8 Å². The van der Waals surface area contributed by atoms with E-state index >= 15 is 0 Å². The normalized spacial score (nSPS) is 12.7. The van der Waals surface area contributed by atoms with Crippen LogP contribution in [0.1, 0.15) is 13.3 Å². The number of nitrogens with zero attached hydrogens (tertiary/aromatic N) is 3. The molecule has 0 aliphatic carbocycles. The predicted octanol–water partition coefficient (Wildman–Crippen LogP) is 2.10. The molecule has 0 saturated carbocycles. The Balaban J connectivity index is 2.49. The Morgan fingerprint density at radius 1 is 1.52 bits per heavy atom. The molecule has 2 aromatic rings. The molecule has 0 aromatic carbocycles. The summed E-state index contributed by atoms with van der Waals surface area (Å²) in [6, 6.07) is 0. The van der Waals surface area contributed by atoms with Crippen LogP contribution in [-0.2, 0) is 10.0 Å². The second-order valence-corrected chi connectivity index (χ2v) is 7.26. The van der Waals surface area contributed by atoms with Crippen molar-refractivity contribution in [3.05, 3.63) is 11.6 Å². The molecule has 0 aliphatic heterocycles. The van der Waals surface area contributed by atoms with E-state index in [1.165, 1.54) is 15.7 Å². The summed E-state index contributed by atoms with van der Waals surface area (Å²) in [5.74, 6) is 0.199. The average molecular weight is 338 g/mol. The number of sulfonamides is 1. The van der Waals surface area contributed by atoms with Crippen LogP contribution in [0.4, 0.5) is 14.6 Å². The Kier molecular flexibility index (Phi) is 4.79. The van der Waals surface area contributed by atoms with Crippen LogP contribution in [0.25, 0.3) is 4.96 Å². The molecule has 0 saturated heterocycles. The summed E-state index contributed by atoms with van der Waals surface area (Å²) in [7, 11) is -2.91. The lowest BCUT2D eigenvalue weighted by molar-refractivity contribution is 0.126. The van der Waals surface area contributed by atoms with Gasteiger partial charge in [0.25, 0.3) is 16.4 Å². The van der Waals surface area contributed by atoms with Crippen LogP contribution >= 0.6 is 11.3 Å². The lowest BCUT2D eigenvalue weighted by atomic mass is 10.5. The van der Waals surface area contributed by atoms with Crippen molar-refractivity contribution in [2.75, 3.05) is 25.5 Å². The summed E-state index contributed by atoms with van der Waals surface area (Å²) in [6.07, 6.45) is -0.382. The van der Waals surface area contributed by atoms with E-state index in [0.717, 1.165) is 13.5 Å². The number of aromatic nitrogens is 2. The molecule has 0 spiro atoms. The summed E-state index contributed by atoms with van der Waals surface area (Å²) in [5.41, 5.74) is 0. The number of halogens is 2. The number of rotatable bonds is 7. The lowest BCUT2D eigenvalue weighted by Gasteiger charge is -2.17. The molecule has 2 heterocycles. The molecule has 0 atom stereocenters. The van der Waals surface area contributed by atoms with Gasteiger partial charge in [0.15, 0.2) is 15.8 Å². The number of alkyl halides is 2. The molecule has 2 aromatic heterocycles. The standard InChI is InChI=1S/C11H16F2N4O2S2/c1-3-4-14-9-10(17-5-6-20-11(17)15-9)21(18,19)16(2)7-8(12)13/h5-6,8,14H,3-4,7H2,1-2H3. The van der Waals surface area contributed by atoms with Gasteiger partial charge in [-0.1, -0.05) is 6.92 Å². The molecule has 118 valence electrons.